The van der Waals surface area contributed by atoms with Crippen LogP contribution >= 0.6 is 0 Å². The first-order chi connectivity index (χ1) is 7.79. The Balaban J connectivity index is 2.51. The first-order valence-corrected chi connectivity index (χ1v) is 5.52. The van der Waals surface area contributed by atoms with E-state index in [1.165, 1.54) is 5.56 Å². The van der Waals surface area contributed by atoms with Crippen LogP contribution in [0.25, 0.3) is 5.57 Å². The van der Waals surface area contributed by atoms with Gasteiger partial charge in [0.25, 0.3) is 0 Å². The lowest BCUT2D eigenvalue weighted by Crippen LogP contribution is -2.01. The molecule has 0 bridgehead atoms. The van der Waals surface area contributed by atoms with Gasteiger partial charge in [-0.2, -0.15) is 0 Å². The SMILES string of the molecule is C=C1/C(=C\C=C/C)C(CO)c2ccccc21. The van der Waals surface area contributed by atoms with Gasteiger partial charge in [-0.3, -0.25) is 0 Å². The minimum Gasteiger partial charge on any atom is -0.395 e. The van der Waals surface area contributed by atoms with Gasteiger partial charge in [0.05, 0.1) is 6.61 Å². The molecule has 82 valence electrons. The number of benzene rings is 1. The fraction of sp³-hybridized carbons (Fsp3) is 0.200. The summed E-state index contributed by atoms with van der Waals surface area (Å²) >= 11 is 0. The second-order valence-corrected chi connectivity index (χ2v) is 3.95. The Bertz CT molecular complexity index is 466. The molecule has 1 nitrogen and oxygen atoms in total. The minimum absolute atomic E-state index is 0.0832. The van der Waals surface area contributed by atoms with Crippen molar-refractivity contribution in [1.82, 2.24) is 0 Å². The predicted octanol–water partition coefficient (Wildman–Crippen LogP) is 3.29. The molecule has 2 rings (SSSR count). The Hall–Kier alpha value is -1.60. The van der Waals surface area contributed by atoms with E-state index in [-0.39, 0.29) is 12.5 Å². The highest BCUT2D eigenvalue weighted by Crippen LogP contribution is 2.44. The molecule has 0 amide bonds. The molecule has 1 aliphatic carbocycles. The summed E-state index contributed by atoms with van der Waals surface area (Å²) in [6.45, 7) is 6.24. The maximum atomic E-state index is 9.49. The molecule has 0 radical (unpaired) electrons. The summed E-state index contributed by atoms with van der Waals surface area (Å²) < 4.78 is 0. The Morgan fingerprint density at radius 3 is 2.81 bits per heavy atom. The summed E-state index contributed by atoms with van der Waals surface area (Å²) in [7, 11) is 0. The van der Waals surface area contributed by atoms with Crippen molar-refractivity contribution in [2.24, 2.45) is 0 Å². The Morgan fingerprint density at radius 2 is 2.12 bits per heavy atom. The second-order valence-electron chi connectivity index (χ2n) is 3.95. The molecule has 0 saturated carbocycles. The van der Waals surface area contributed by atoms with Crippen LogP contribution in [0.5, 0.6) is 0 Å². The van der Waals surface area contributed by atoms with E-state index < -0.39 is 0 Å². The van der Waals surface area contributed by atoms with E-state index in [4.69, 9.17) is 0 Å². The molecular weight excluding hydrogens is 196 g/mol. The molecule has 1 aromatic carbocycles. The summed E-state index contributed by atoms with van der Waals surface area (Å²) in [4.78, 5) is 0. The van der Waals surface area contributed by atoms with Crippen LogP contribution in [0.15, 0.2) is 54.6 Å². The van der Waals surface area contributed by atoms with E-state index in [1.807, 2.05) is 37.3 Å². The first kappa shape index (κ1) is 10.9. The van der Waals surface area contributed by atoms with Gasteiger partial charge in [0.2, 0.25) is 0 Å². The molecular formula is C15H16O. The van der Waals surface area contributed by atoms with Gasteiger partial charge in [-0.05, 0) is 29.2 Å². The zero-order chi connectivity index (χ0) is 11.5. The van der Waals surface area contributed by atoms with Crippen LogP contribution in [0.4, 0.5) is 0 Å². The molecule has 16 heavy (non-hydrogen) atoms. The van der Waals surface area contributed by atoms with Crippen LogP contribution in [-0.2, 0) is 0 Å². The highest BCUT2D eigenvalue weighted by atomic mass is 16.3. The molecule has 0 aromatic heterocycles. The summed E-state index contributed by atoms with van der Waals surface area (Å²) in [5, 5.41) is 9.49. The molecule has 0 saturated heterocycles. The molecule has 1 atom stereocenters. The van der Waals surface area contributed by atoms with E-state index in [2.05, 4.69) is 18.7 Å². The second kappa shape index (κ2) is 4.50. The third kappa shape index (κ3) is 1.63. The van der Waals surface area contributed by atoms with Gasteiger partial charge in [0, 0.05) is 5.92 Å². The molecule has 1 heteroatoms. The largest absolute Gasteiger partial charge is 0.395 e. The van der Waals surface area contributed by atoms with Crippen molar-refractivity contribution in [3.05, 3.63) is 65.8 Å². The summed E-state index contributed by atoms with van der Waals surface area (Å²) in [6.07, 6.45) is 6.02. The number of hydrogen-bond donors (Lipinski definition) is 1. The minimum atomic E-state index is 0.0832. The molecule has 0 aliphatic heterocycles. The van der Waals surface area contributed by atoms with Crippen molar-refractivity contribution in [3.63, 3.8) is 0 Å². The smallest absolute Gasteiger partial charge is 0.0540 e. The van der Waals surface area contributed by atoms with E-state index in [0.717, 1.165) is 16.7 Å². The van der Waals surface area contributed by atoms with Gasteiger partial charge >= 0.3 is 0 Å². The fourth-order valence-electron chi connectivity index (χ4n) is 2.22. The van der Waals surface area contributed by atoms with E-state index in [0.29, 0.717) is 0 Å². The van der Waals surface area contributed by atoms with Crippen LogP contribution < -0.4 is 0 Å². The topological polar surface area (TPSA) is 20.2 Å². The Kier molecular flexibility index (Phi) is 3.07. The van der Waals surface area contributed by atoms with Gasteiger partial charge in [-0.25, -0.2) is 0 Å². The number of aliphatic hydroxyl groups is 1. The zero-order valence-electron chi connectivity index (χ0n) is 9.48. The average molecular weight is 212 g/mol. The standard InChI is InChI=1S/C15H16O/c1-3-4-7-13-11(2)12-8-5-6-9-14(12)15(13)10-16/h3-9,15-16H,2,10H2,1H3/b4-3-,13-7+. The first-order valence-electron chi connectivity index (χ1n) is 5.52. The van der Waals surface area contributed by atoms with Crippen molar-refractivity contribution in [1.29, 1.82) is 0 Å². The van der Waals surface area contributed by atoms with Crippen LogP contribution in [0.2, 0.25) is 0 Å². The third-order valence-electron chi connectivity index (χ3n) is 3.04. The molecule has 0 heterocycles. The maximum absolute atomic E-state index is 9.49. The number of allylic oxidation sites excluding steroid dienone is 4. The molecule has 1 unspecified atom stereocenters. The van der Waals surface area contributed by atoms with E-state index in [1.54, 1.807) is 0 Å². The molecule has 1 aliphatic rings. The lowest BCUT2D eigenvalue weighted by atomic mass is 9.98. The lowest BCUT2D eigenvalue weighted by molar-refractivity contribution is 0.282. The average Bonchev–Trinajstić information content (AvgIpc) is 2.60. The summed E-state index contributed by atoms with van der Waals surface area (Å²) in [5.41, 5.74) is 4.51. The van der Waals surface area contributed by atoms with Crippen molar-refractivity contribution < 1.29 is 5.11 Å². The van der Waals surface area contributed by atoms with Crippen molar-refractivity contribution in [2.45, 2.75) is 12.8 Å². The van der Waals surface area contributed by atoms with Crippen molar-refractivity contribution in [2.75, 3.05) is 6.61 Å². The van der Waals surface area contributed by atoms with Gasteiger partial charge in [-0.1, -0.05) is 49.1 Å². The summed E-state index contributed by atoms with van der Waals surface area (Å²) in [5.74, 6) is 0.0832. The predicted molar refractivity (Wildman–Crippen MR) is 68.2 cm³/mol. The maximum Gasteiger partial charge on any atom is 0.0540 e. The monoisotopic (exact) mass is 212 g/mol. The number of rotatable bonds is 2. The Labute approximate surface area is 96.4 Å². The van der Waals surface area contributed by atoms with Crippen LogP contribution in [0, 0.1) is 0 Å². The molecule has 1 aromatic rings. The lowest BCUT2D eigenvalue weighted by Gasteiger charge is -2.09. The van der Waals surface area contributed by atoms with Gasteiger partial charge in [0.1, 0.15) is 0 Å². The quantitative estimate of drug-likeness (QED) is 0.797. The van der Waals surface area contributed by atoms with Crippen LogP contribution in [0.3, 0.4) is 0 Å². The van der Waals surface area contributed by atoms with Crippen molar-refractivity contribution in [3.8, 4) is 0 Å². The normalized spacial score (nSPS) is 22.0. The Morgan fingerprint density at radius 1 is 1.38 bits per heavy atom. The summed E-state index contributed by atoms with van der Waals surface area (Å²) in [6, 6.07) is 8.15. The van der Waals surface area contributed by atoms with Crippen molar-refractivity contribution >= 4 is 5.57 Å². The van der Waals surface area contributed by atoms with E-state index in [9.17, 15) is 5.11 Å². The highest BCUT2D eigenvalue weighted by Gasteiger charge is 2.28. The van der Waals surface area contributed by atoms with Gasteiger partial charge < -0.3 is 5.11 Å². The zero-order valence-corrected chi connectivity index (χ0v) is 9.48. The number of fused-ring (bicyclic) bond motifs is 1. The van der Waals surface area contributed by atoms with Crippen LogP contribution in [0.1, 0.15) is 24.0 Å². The molecule has 0 spiro atoms. The van der Waals surface area contributed by atoms with Gasteiger partial charge in [-0.15, -0.1) is 0 Å². The van der Waals surface area contributed by atoms with E-state index >= 15 is 0 Å². The molecule has 1 N–H and O–H groups in total. The highest BCUT2D eigenvalue weighted by molar-refractivity contribution is 5.86. The fourth-order valence-corrected chi connectivity index (χ4v) is 2.22. The van der Waals surface area contributed by atoms with Crippen LogP contribution in [-0.4, -0.2) is 11.7 Å². The van der Waals surface area contributed by atoms with Gasteiger partial charge in [0.15, 0.2) is 0 Å². The third-order valence-corrected chi connectivity index (χ3v) is 3.04. The molecule has 0 fully saturated rings. The number of aliphatic hydroxyl groups excluding tert-OH is 1. The number of hydrogen-bond acceptors (Lipinski definition) is 1.